The predicted octanol–water partition coefficient (Wildman–Crippen LogP) is 1.55. The second-order valence-electron chi connectivity index (χ2n) is 6.17. The molecule has 114 valence electrons. The van der Waals surface area contributed by atoms with Crippen LogP contribution in [0, 0.1) is 5.92 Å². The van der Waals surface area contributed by atoms with Crippen molar-refractivity contribution in [2.45, 2.75) is 25.3 Å². The molecular weight excluding hydrogens is 262 g/mol. The molecule has 2 saturated heterocycles. The van der Waals surface area contributed by atoms with Gasteiger partial charge in [-0.2, -0.15) is 0 Å². The standard InChI is InChI=1S/C17H25N3O/c21-17(15-8-9-18-12-15)19-16(13-20-10-4-5-11-20)14-6-2-1-3-7-14/h1-3,6-7,15-16,18H,4-5,8-13H2,(H,19,21). The first-order valence-corrected chi connectivity index (χ1v) is 8.11. The average Bonchev–Trinajstić information content (AvgIpc) is 3.21. The molecule has 4 nitrogen and oxygen atoms in total. The Bertz CT molecular complexity index is 450. The topological polar surface area (TPSA) is 44.4 Å². The SMILES string of the molecule is O=C(NC(CN1CCCC1)c1ccccc1)C1CCNC1. The monoisotopic (exact) mass is 287 g/mol. The molecule has 2 fully saturated rings. The number of rotatable bonds is 5. The number of hydrogen-bond acceptors (Lipinski definition) is 3. The van der Waals surface area contributed by atoms with Crippen LogP contribution in [0.4, 0.5) is 0 Å². The van der Waals surface area contributed by atoms with Crippen LogP contribution in [-0.4, -0.2) is 43.5 Å². The van der Waals surface area contributed by atoms with Gasteiger partial charge in [-0.25, -0.2) is 0 Å². The van der Waals surface area contributed by atoms with Crippen molar-refractivity contribution < 1.29 is 4.79 Å². The number of nitrogens with one attached hydrogen (secondary N) is 2. The number of benzene rings is 1. The van der Waals surface area contributed by atoms with Crippen molar-refractivity contribution >= 4 is 5.91 Å². The molecule has 2 aliphatic rings. The molecule has 0 aromatic heterocycles. The number of likely N-dealkylation sites (tertiary alicyclic amines) is 1. The number of nitrogens with zero attached hydrogens (tertiary/aromatic N) is 1. The molecule has 0 aliphatic carbocycles. The first-order valence-electron chi connectivity index (χ1n) is 8.11. The molecule has 1 amide bonds. The van der Waals surface area contributed by atoms with E-state index in [9.17, 15) is 4.79 Å². The molecule has 2 heterocycles. The Balaban J connectivity index is 1.67. The van der Waals surface area contributed by atoms with Gasteiger partial charge >= 0.3 is 0 Å². The summed E-state index contributed by atoms with van der Waals surface area (Å²) in [5.41, 5.74) is 1.21. The van der Waals surface area contributed by atoms with Gasteiger partial charge in [0.1, 0.15) is 0 Å². The summed E-state index contributed by atoms with van der Waals surface area (Å²) < 4.78 is 0. The highest BCUT2D eigenvalue weighted by Crippen LogP contribution is 2.19. The highest BCUT2D eigenvalue weighted by atomic mass is 16.2. The van der Waals surface area contributed by atoms with Gasteiger partial charge in [-0.3, -0.25) is 4.79 Å². The number of carbonyl (C=O) groups excluding carboxylic acids is 1. The Morgan fingerprint density at radius 2 is 2.05 bits per heavy atom. The Morgan fingerprint density at radius 3 is 2.71 bits per heavy atom. The van der Waals surface area contributed by atoms with E-state index >= 15 is 0 Å². The maximum Gasteiger partial charge on any atom is 0.224 e. The molecule has 21 heavy (non-hydrogen) atoms. The van der Waals surface area contributed by atoms with Crippen LogP contribution in [0.5, 0.6) is 0 Å². The van der Waals surface area contributed by atoms with Gasteiger partial charge in [0.25, 0.3) is 0 Å². The Kier molecular flexibility index (Phi) is 4.88. The highest BCUT2D eigenvalue weighted by molar-refractivity contribution is 5.79. The highest BCUT2D eigenvalue weighted by Gasteiger charge is 2.26. The van der Waals surface area contributed by atoms with Crippen molar-refractivity contribution in [2.75, 3.05) is 32.7 Å². The molecule has 1 aromatic carbocycles. The van der Waals surface area contributed by atoms with Crippen molar-refractivity contribution in [1.82, 2.24) is 15.5 Å². The molecule has 2 N–H and O–H groups in total. The van der Waals surface area contributed by atoms with E-state index in [1.165, 1.54) is 18.4 Å². The fourth-order valence-corrected chi connectivity index (χ4v) is 3.31. The first-order chi connectivity index (χ1) is 10.3. The molecule has 2 unspecified atom stereocenters. The smallest absolute Gasteiger partial charge is 0.224 e. The van der Waals surface area contributed by atoms with Crippen LogP contribution in [0.1, 0.15) is 30.9 Å². The summed E-state index contributed by atoms with van der Waals surface area (Å²) in [6.45, 7) is 5.02. The van der Waals surface area contributed by atoms with Crippen molar-refractivity contribution in [1.29, 1.82) is 0 Å². The van der Waals surface area contributed by atoms with E-state index < -0.39 is 0 Å². The quantitative estimate of drug-likeness (QED) is 0.863. The molecule has 0 radical (unpaired) electrons. The molecule has 0 bridgehead atoms. The maximum absolute atomic E-state index is 12.4. The van der Waals surface area contributed by atoms with Crippen molar-refractivity contribution in [3.8, 4) is 0 Å². The van der Waals surface area contributed by atoms with Gasteiger partial charge in [-0.05, 0) is 44.5 Å². The van der Waals surface area contributed by atoms with Gasteiger partial charge in [0.2, 0.25) is 5.91 Å². The van der Waals surface area contributed by atoms with Gasteiger partial charge < -0.3 is 15.5 Å². The molecule has 1 aromatic rings. The third-order valence-corrected chi connectivity index (χ3v) is 4.59. The average molecular weight is 287 g/mol. The first kappa shape index (κ1) is 14.5. The molecule has 2 aliphatic heterocycles. The van der Waals surface area contributed by atoms with E-state index in [1.54, 1.807) is 0 Å². The Hall–Kier alpha value is -1.39. The lowest BCUT2D eigenvalue weighted by molar-refractivity contribution is -0.125. The molecule has 4 heteroatoms. The van der Waals surface area contributed by atoms with E-state index in [-0.39, 0.29) is 17.9 Å². The van der Waals surface area contributed by atoms with Gasteiger partial charge in [-0.15, -0.1) is 0 Å². The molecular formula is C17H25N3O. The summed E-state index contributed by atoms with van der Waals surface area (Å²) in [7, 11) is 0. The largest absolute Gasteiger partial charge is 0.348 e. The van der Waals surface area contributed by atoms with Crippen molar-refractivity contribution in [3.63, 3.8) is 0 Å². The maximum atomic E-state index is 12.4. The zero-order chi connectivity index (χ0) is 14.5. The molecule has 3 rings (SSSR count). The van der Waals surface area contributed by atoms with Gasteiger partial charge in [0.05, 0.1) is 12.0 Å². The molecule has 0 saturated carbocycles. The fraction of sp³-hybridized carbons (Fsp3) is 0.588. The lowest BCUT2D eigenvalue weighted by atomic mass is 10.0. The van der Waals surface area contributed by atoms with Gasteiger partial charge in [-0.1, -0.05) is 30.3 Å². The predicted molar refractivity (Wildman–Crippen MR) is 84.0 cm³/mol. The van der Waals surface area contributed by atoms with Crippen LogP contribution < -0.4 is 10.6 Å². The lowest BCUT2D eigenvalue weighted by Gasteiger charge is -2.26. The molecule has 2 atom stereocenters. The van der Waals surface area contributed by atoms with Crippen LogP contribution in [0.3, 0.4) is 0 Å². The fourth-order valence-electron chi connectivity index (χ4n) is 3.31. The minimum Gasteiger partial charge on any atom is -0.348 e. The zero-order valence-electron chi connectivity index (χ0n) is 12.6. The van der Waals surface area contributed by atoms with Crippen LogP contribution in [0.15, 0.2) is 30.3 Å². The normalized spacial score (nSPS) is 24.1. The van der Waals surface area contributed by atoms with Gasteiger partial charge in [0, 0.05) is 13.1 Å². The lowest BCUT2D eigenvalue weighted by Crippen LogP contribution is -2.40. The van der Waals surface area contributed by atoms with Crippen LogP contribution in [-0.2, 0) is 4.79 Å². The summed E-state index contributed by atoms with van der Waals surface area (Å²) in [6.07, 6.45) is 3.51. The van der Waals surface area contributed by atoms with E-state index in [0.29, 0.717) is 0 Å². The van der Waals surface area contributed by atoms with Crippen LogP contribution in [0.2, 0.25) is 0 Å². The Morgan fingerprint density at radius 1 is 1.29 bits per heavy atom. The minimum absolute atomic E-state index is 0.109. The van der Waals surface area contributed by atoms with Crippen LogP contribution in [0.25, 0.3) is 0 Å². The van der Waals surface area contributed by atoms with E-state index in [1.807, 2.05) is 6.07 Å². The zero-order valence-corrected chi connectivity index (χ0v) is 12.6. The summed E-state index contributed by atoms with van der Waals surface area (Å²) in [4.78, 5) is 14.9. The second-order valence-corrected chi connectivity index (χ2v) is 6.17. The van der Waals surface area contributed by atoms with Crippen LogP contribution >= 0.6 is 0 Å². The third-order valence-electron chi connectivity index (χ3n) is 4.59. The second kappa shape index (κ2) is 7.05. The third kappa shape index (κ3) is 3.83. The summed E-state index contributed by atoms with van der Waals surface area (Å²) in [5.74, 6) is 0.336. The summed E-state index contributed by atoms with van der Waals surface area (Å²) >= 11 is 0. The van der Waals surface area contributed by atoms with Crippen molar-refractivity contribution in [2.24, 2.45) is 5.92 Å². The molecule has 0 spiro atoms. The number of hydrogen-bond donors (Lipinski definition) is 2. The van der Waals surface area contributed by atoms with E-state index in [2.05, 4.69) is 39.8 Å². The summed E-state index contributed by atoms with van der Waals surface area (Å²) in [5, 5.41) is 6.55. The number of carbonyl (C=O) groups is 1. The van der Waals surface area contributed by atoms with Gasteiger partial charge in [0.15, 0.2) is 0 Å². The van der Waals surface area contributed by atoms with Crippen molar-refractivity contribution in [3.05, 3.63) is 35.9 Å². The van der Waals surface area contributed by atoms with E-state index in [4.69, 9.17) is 0 Å². The van der Waals surface area contributed by atoms with E-state index in [0.717, 1.165) is 39.1 Å². The summed E-state index contributed by atoms with van der Waals surface area (Å²) in [6, 6.07) is 10.5. The Labute approximate surface area is 126 Å². The number of amides is 1. The minimum atomic E-state index is 0.109.